The number of nitrogens with zero attached hydrogens (tertiary/aromatic N) is 1. The number of amides is 2. The van der Waals surface area contributed by atoms with Crippen LogP contribution in [-0.4, -0.2) is 42.4 Å². The van der Waals surface area contributed by atoms with E-state index in [2.05, 4.69) is 5.32 Å². The number of carbonyl (C=O) groups is 2. The predicted molar refractivity (Wildman–Crippen MR) is 95.3 cm³/mol. The van der Waals surface area contributed by atoms with E-state index in [1.165, 1.54) is 12.1 Å². The van der Waals surface area contributed by atoms with Crippen LogP contribution < -0.4 is 11.1 Å². The topological polar surface area (TPSA) is 75.4 Å². The normalized spacial score (nSPS) is 18.7. The summed E-state index contributed by atoms with van der Waals surface area (Å²) in [5.74, 6) is -0.506. The van der Waals surface area contributed by atoms with Gasteiger partial charge >= 0.3 is 0 Å². The van der Waals surface area contributed by atoms with Gasteiger partial charge in [-0.3, -0.25) is 9.59 Å². The van der Waals surface area contributed by atoms with Gasteiger partial charge < -0.3 is 16.0 Å². The zero-order valence-corrected chi connectivity index (χ0v) is 14.8. The fraction of sp³-hybridized carbons (Fsp3) is 0.579. The Hall–Kier alpha value is -1.95. The minimum atomic E-state index is -0.282. The van der Waals surface area contributed by atoms with Gasteiger partial charge in [-0.2, -0.15) is 0 Å². The molecule has 6 heteroatoms. The van der Waals surface area contributed by atoms with E-state index in [-0.39, 0.29) is 29.6 Å². The van der Waals surface area contributed by atoms with Crippen molar-refractivity contribution in [1.29, 1.82) is 0 Å². The Bertz CT molecular complexity index is 594. The van der Waals surface area contributed by atoms with Crippen LogP contribution in [0.15, 0.2) is 24.3 Å². The number of hydrogen-bond donors (Lipinski definition) is 2. The molecule has 1 aliphatic rings. The van der Waals surface area contributed by atoms with Gasteiger partial charge in [0.15, 0.2) is 0 Å². The highest BCUT2D eigenvalue weighted by atomic mass is 19.1. The predicted octanol–water partition coefficient (Wildman–Crippen LogP) is 1.85. The van der Waals surface area contributed by atoms with Crippen molar-refractivity contribution in [3.8, 4) is 0 Å². The number of rotatable bonds is 7. The molecule has 5 nitrogen and oxygen atoms in total. The number of benzene rings is 1. The summed E-state index contributed by atoms with van der Waals surface area (Å²) in [4.78, 5) is 26.4. The molecule has 0 spiro atoms. The van der Waals surface area contributed by atoms with Crippen molar-refractivity contribution < 1.29 is 14.0 Å². The van der Waals surface area contributed by atoms with Crippen LogP contribution in [0.1, 0.15) is 38.2 Å². The van der Waals surface area contributed by atoms with Gasteiger partial charge in [0.25, 0.3) is 0 Å². The second-order valence-corrected chi connectivity index (χ2v) is 6.76. The first-order valence-corrected chi connectivity index (χ1v) is 9.03. The Morgan fingerprint density at radius 2 is 2.20 bits per heavy atom. The maximum absolute atomic E-state index is 13.3. The number of piperidine rings is 1. The molecule has 138 valence electrons. The molecule has 2 rings (SSSR count). The van der Waals surface area contributed by atoms with Crippen LogP contribution in [0, 0.1) is 11.7 Å². The summed E-state index contributed by atoms with van der Waals surface area (Å²) in [5.41, 5.74) is 6.21. The molecule has 1 aromatic carbocycles. The van der Waals surface area contributed by atoms with Gasteiger partial charge in [-0.05, 0) is 43.4 Å². The molecule has 25 heavy (non-hydrogen) atoms. The Morgan fingerprint density at radius 3 is 2.92 bits per heavy atom. The Labute approximate surface area is 148 Å². The van der Waals surface area contributed by atoms with E-state index >= 15 is 0 Å². The molecule has 1 aliphatic heterocycles. The summed E-state index contributed by atoms with van der Waals surface area (Å²) in [7, 11) is 0. The molecule has 0 saturated carbocycles. The molecule has 0 radical (unpaired) electrons. The summed E-state index contributed by atoms with van der Waals surface area (Å²) < 4.78 is 13.3. The molecular formula is C19H28FN3O2. The van der Waals surface area contributed by atoms with Crippen LogP contribution in [0.2, 0.25) is 0 Å². The monoisotopic (exact) mass is 349 g/mol. The highest BCUT2D eigenvalue weighted by Crippen LogP contribution is 2.21. The van der Waals surface area contributed by atoms with Crippen molar-refractivity contribution in [2.24, 2.45) is 11.7 Å². The van der Waals surface area contributed by atoms with Gasteiger partial charge in [-0.15, -0.1) is 0 Å². The van der Waals surface area contributed by atoms with E-state index in [4.69, 9.17) is 5.73 Å². The molecule has 2 unspecified atom stereocenters. The van der Waals surface area contributed by atoms with Gasteiger partial charge in [0.05, 0.1) is 0 Å². The SMILES string of the molecule is CC(Cc1cccc(F)c1)C(=O)N1CCCCC1CNC(=O)CCN. The van der Waals surface area contributed by atoms with E-state index in [0.717, 1.165) is 24.8 Å². The standard InChI is InChI=1S/C19H28FN3O2/c1-14(11-15-5-4-6-16(20)12-15)19(25)23-10-3-2-7-17(23)13-22-18(24)8-9-21/h4-6,12,14,17H,2-3,7-11,13,21H2,1H3,(H,22,24). The molecular weight excluding hydrogens is 321 g/mol. The lowest BCUT2D eigenvalue weighted by Gasteiger charge is -2.37. The number of nitrogens with two attached hydrogens (primary N) is 1. The third-order valence-electron chi connectivity index (χ3n) is 4.67. The van der Waals surface area contributed by atoms with Gasteiger partial charge in [-0.1, -0.05) is 19.1 Å². The fourth-order valence-corrected chi connectivity index (χ4v) is 3.34. The number of hydrogen-bond acceptors (Lipinski definition) is 3. The lowest BCUT2D eigenvalue weighted by atomic mass is 9.95. The van der Waals surface area contributed by atoms with E-state index in [1.54, 1.807) is 6.07 Å². The molecule has 3 N–H and O–H groups in total. The fourth-order valence-electron chi connectivity index (χ4n) is 3.34. The number of likely N-dealkylation sites (tertiary alicyclic amines) is 1. The molecule has 0 aromatic heterocycles. The summed E-state index contributed by atoms with van der Waals surface area (Å²) >= 11 is 0. The lowest BCUT2D eigenvalue weighted by molar-refractivity contribution is -0.139. The highest BCUT2D eigenvalue weighted by molar-refractivity contribution is 5.79. The zero-order valence-electron chi connectivity index (χ0n) is 14.8. The average molecular weight is 349 g/mol. The van der Waals surface area contributed by atoms with Crippen molar-refractivity contribution in [3.63, 3.8) is 0 Å². The van der Waals surface area contributed by atoms with Crippen LogP contribution in [0.5, 0.6) is 0 Å². The van der Waals surface area contributed by atoms with Gasteiger partial charge in [0, 0.05) is 38.0 Å². The number of carbonyl (C=O) groups excluding carboxylic acids is 2. The minimum absolute atomic E-state index is 0.0259. The Balaban J connectivity index is 1.95. The molecule has 1 saturated heterocycles. The first-order valence-electron chi connectivity index (χ1n) is 9.03. The Morgan fingerprint density at radius 1 is 1.40 bits per heavy atom. The highest BCUT2D eigenvalue weighted by Gasteiger charge is 2.29. The maximum atomic E-state index is 13.3. The summed E-state index contributed by atoms with van der Waals surface area (Å²) in [5, 5.41) is 2.87. The second-order valence-electron chi connectivity index (χ2n) is 6.76. The third-order valence-corrected chi connectivity index (χ3v) is 4.67. The zero-order chi connectivity index (χ0) is 18.2. The minimum Gasteiger partial charge on any atom is -0.354 e. The van der Waals surface area contributed by atoms with Crippen molar-refractivity contribution in [1.82, 2.24) is 10.2 Å². The van der Waals surface area contributed by atoms with E-state index in [1.807, 2.05) is 17.9 Å². The quantitative estimate of drug-likeness (QED) is 0.789. The third kappa shape index (κ3) is 5.81. The first kappa shape index (κ1) is 19.4. The van der Waals surface area contributed by atoms with Crippen molar-refractivity contribution in [3.05, 3.63) is 35.6 Å². The molecule has 0 bridgehead atoms. The molecule has 1 heterocycles. The van der Waals surface area contributed by atoms with Crippen LogP contribution in [0.25, 0.3) is 0 Å². The van der Waals surface area contributed by atoms with Crippen LogP contribution in [0.3, 0.4) is 0 Å². The molecule has 2 amide bonds. The van der Waals surface area contributed by atoms with Gasteiger partial charge in [-0.25, -0.2) is 4.39 Å². The smallest absolute Gasteiger partial charge is 0.226 e. The molecule has 1 aromatic rings. The second kappa shape index (κ2) is 9.51. The van der Waals surface area contributed by atoms with Crippen LogP contribution in [0.4, 0.5) is 4.39 Å². The van der Waals surface area contributed by atoms with Crippen molar-refractivity contribution in [2.75, 3.05) is 19.6 Å². The van der Waals surface area contributed by atoms with E-state index in [0.29, 0.717) is 32.5 Å². The first-order chi connectivity index (χ1) is 12.0. The van der Waals surface area contributed by atoms with Gasteiger partial charge in [0.1, 0.15) is 5.82 Å². The Kier molecular flexibility index (Phi) is 7.37. The summed E-state index contributed by atoms with van der Waals surface area (Å²) in [6, 6.07) is 6.41. The molecule has 1 fully saturated rings. The van der Waals surface area contributed by atoms with Gasteiger partial charge in [0.2, 0.25) is 11.8 Å². The number of nitrogens with one attached hydrogen (secondary N) is 1. The van der Waals surface area contributed by atoms with E-state index < -0.39 is 0 Å². The summed E-state index contributed by atoms with van der Waals surface area (Å²) in [6.07, 6.45) is 3.74. The average Bonchev–Trinajstić information content (AvgIpc) is 2.60. The van der Waals surface area contributed by atoms with Crippen molar-refractivity contribution >= 4 is 11.8 Å². The molecule has 2 atom stereocenters. The molecule has 0 aliphatic carbocycles. The van der Waals surface area contributed by atoms with Crippen molar-refractivity contribution in [2.45, 2.75) is 45.1 Å². The lowest BCUT2D eigenvalue weighted by Crippen LogP contribution is -2.51. The maximum Gasteiger partial charge on any atom is 0.226 e. The largest absolute Gasteiger partial charge is 0.354 e. The number of halogens is 1. The van der Waals surface area contributed by atoms with E-state index in [9.17, 15) is 14.0 Å². The summed E-state index contributed by atoms with van der Waals surface area (Å²) in [6.45, 7) is 3.39. The van der Waals surface area contributed by atoms with Crippen LogP contribution >= 0.6 is 0 Å². The van der Waals surface area contributed by atoms with Crippen LogP contribution in [-0.2, 0) is 16.0 Å².